The molecule has 0 saturated carbocycles. The Hall–Kier alpha value is -4.04. The van der Waals surface area contributed by atoms with Crippen LogP contribution in [0.25, 0.3) is 11.1 Å². The first kappa shape index (κ1) is 26.6. The molecule has 5 rings (SSSR count). The van der Waals surface area contributed by atoms with Crippen LogP contribution in [0.1, 0.15) is 42.7 Å². The van der Waals surface area contributed by atoms with E-state index in [1.807, 2.05) is 0 Å². The summed E-state index contributed by atoms with van der Waals surface area (Å²) in [5.41, 5.74) is 0.712. The highest BCUT2D eigenvalue weighted by atomic mass is 35.5. The standard InChI is InChI=1S/C24H19ClF3N7O3S/c1-11-4-12(13-5-19(25)30-7-17(13)38-3)14(6-29-11)21(36)32-23-31-16-9-35(10-18(16)39-23)22(37)15-8-34(2)33-20(15)24(26,27)28/h4-8H,9-10H2,1-3H3,(H,31,32,36). The van der Waals surface area contributed by atoms with Crippen LogP contribution in [-0.4, -0.2) is 48.6 Å². The molecule has 0 radical (unpaired) electrons. The first-order valence-corrected chi connectivity index (χ1v) is 12.5. The maximum atomic E-state index is 13.3. The lowest BCUT2D eigenvalue weighted by atomic mass is 10.0. The first-order chi connectivity index (χ1) is 18.4. The van der Waals surface area contributed by atoms with Crippen molar-refractivity contribution in [2.75, 3.05) is 12.4 Å². The van der Waals surface area contributed by atoms with Gasteiger partial charge in [-0.1, -0.05) is 22.9 Å². The maximum Gasteiger partial charge on any atom is 0.435 e. The van der Waals surface area contributed by atoms with Gasteiger partial charge in [-0.15, -0.1) is 0 Å². The summed E-state index contributed by atoms with van der Waals surface area (Å²) in [6, 6.07) is 3.31. The molecule has 4 aromatic rings. The zero-order chi connectivity index (χ0) is 28.1. The van der Waals surface area contributed by atoms with Crippen LogP contribution in [0.4, 0.5) is 18.3 Å². The number of hydrogen-bond acceptors (Lipinski definition) is 8. The molecule has 0 atom stereocenters. The summed E-state index contributed by atoms with van der Waals surface area (Å²) in [7, 11) is 2.79. The lowest BCUT2D eigenvalue weighted by Crippen LogP contribution is -2.27. The Morgan fingerprint density at radius 3 is 2.59 bits per heavy atom. The largest absolute Gasteiger partial charge is 0.494 e. The van der Waals surface area contributed by atoms with Crippen LogP contribution < -0.4 is 10.1 Å². The van der Waals surface area contributed by atoms with E-state index in [2.05, 4.69) is 25.4 Å². The number of aryl methyl sites for hydroxylation is 2. The number of alkyl halides is 3. The molecule has 5 heterocycles. The molecule has 10 nitrogen and oxygen atoms in total. The van der Waals surface area contributed by atoms with Gasteiger partial charge in [0.1, 0.15) is 10.9 Å². The van der Waals surface area contributed by atoms with Gasteiger partial charge in [-0.05, 0) is 19.1 Å². The molecule has 202 valence electrons. The number of hydrogen-bond donors (Lipinski definition) is 1. The molecule has 1 N–H and O–H groups in total. The molecule has 2 amide bonds. The van der Waals surface area contributed by atoms with Gasteiger partial charge in [0, 0.05) is 36.3 Å². The number of carbonyl (C=O) groups excluding carboxylic acids is 2. The number of carbonyl (C=O) groups is 2. The number of anilines is 1. The number of aromatic nitrogens is 5. The molecule has 0 unspecified atom stereocenters. The number of rotatable bonds is 5. The molecule has 39 heavy (non-hydrogen) atoms. The van der Waals surface area contributed by atoms with E-state index in [1.54, 1.807) is 19.1 Å². The second kappa shape index (κ2) is 9.93. The number of nitrogens with one attached hydrogen (secondary N) is 1. The molecular formula is C24H19ClF3N7O3S. The molecule has 4 aromatic heterocycles. The zero-order valence-electron chi connectivity index (χ0n) is 20.6. The van der Waals surface area contributed by atoms with Crippen molar-refractivity contribution in [1.29, 1.82) is 0 Å². The summed E-state index contributed by atoms with van der Waals surface area (Å²) in [5.74, 6) is -0.871. The number of amides is 2. The van der Waals surface area contributed by atoms with E-state index in [4.69, 9.17) is 16.3 Å². The van der Waals surface area contributed by atoms with Crippen molar-refractivity contribution >= 4 is 39.9 Å². The smallest absolute Gasteiger partial charge is 0.435 e. The van der Waals surface area contributed by atoms with Gasteiger partial charge in [0.15, 0.2) is 10.8 Å². The number of fused-ring (bicyclic) bond motifs is 1. The number of pyridine rings is 2. The lowest BCUT2D eigenvalue weighted by Gasteiger charge is -2.16. The van der Waals surface area contributed by atoms with E-state index in [1.165, 1.54) is 31.5 Å². The van der Waals surface area contributed by atoms with Crippen LogP contribution in [-0.2, 0) is 26.3 Å². The predicted octanol–water partition coefficient (Wildman–Crippen LogP) is 4.73. The molecule has 0 bridgehead atoms. The van der Waals surface area contributed by atoms with E-state index in [-0.39, 0.29) is 28.9 Å². The Morgan fingerprint density at radius 2 is 1.90 bits per heavy atom. The average Bonchev–Trinajstić information content (AvgIpc) is 3.56. The first-order valence-electron chi connectivity index (χ1n) is 11.3. The molecular weight excluding hydrogens is 559 g/mol. The molecule has 1 aliphatic heterocycles. The molecule has 0 spiro atoms. The van der Waals surface area contributed by atoms with Crippen molar-refractivity contribution < 1.29 is 27.5 Å². The molecule has 0 aliphatic carbocycles. The third-order valence-electron chi connectivity index (χ3n) is 5.92. The topological polar surface area (TPSA) is 115 Å². The second-order valence-corrected chi connectivity index (χ2v) is 10.1. The molecule has 0 aromatic carbocycles. The SMILES string of the molecule is COc1cnc(Cl)cc1-c1cc(C)ncc1C(=O)Nc1nc2c(s1)CN(C(=O)c1cn(C)nc1C(F)(F)F)C2. The number of nitrogens with zero attached hydrogens (tertiary/aromatic N) is 6. The van der Waals surface area contributed by atoms with Crippen LogP contribution in [0.5, 0.6) is 5.75 Å². The van der Waals surface area contributed by atoms with Crippen LogP contribution in [0.15, 0.2) is 30.7 Å². The minimum atomic E-state index is -4.76. The summed E-state index contributed by atoms with van der Waals surface area (Å²) in [4.78, 5) is 40.7. The summed E-state index contributed by atoms with van der Waals surface area (Å²) in [6.45, 7) is 1.83. The number of ether oxygens (including phenoxy) is 1. The zero-order valence-corrected chi connectivity index (χ0v) is 22.2. The number of halogens is 4. The summed E-state index contributed by atoms with van der Waals surface area (Å²) in [5, 5.41) is 6.64. The summed E-state index contributed by atoms with van der Waals surface area (Å²) < 4.78 is 46.3. The monoisotopic (exact) mass is 577 g/mol. The van der Waals surface area contributed by atoms with Crippen LogP contribution >= 0.6 is 22.9 Å². The van der Waals surface area contributed by atoms with Crippen molar-refractivity contribution in [2.24, 2.45) is 7.05 Å². The summed E-state index contributed by atoms with van der Waals surface area (Å²) in [6.07, 6.45) is -0.824. The minimum absolute atomic E-state index is 0.00320. The third kappa shape index (κ3) is 5.16. The van der Waals surface area contributed by atoms with Crippen molar-refractivity contribution in [3.8, 4) is 16.9 Å². The number of methoxy groups -OCH3 is 1. The number of thiazole rings is 1. The van der Waals surface area contributed by atoms with E-state index < -0.39 is 29.2 Å². The fraction of sp³-hybridized carbons (Fsp3) is 0.250. The maximum absolute atomic E-state index is 13.3. The quantitative estimate of drug-likeness (QED) is 0.341. The normalized spacial score (nSPS) is 12.9. The highest BCUT2D eigenvalue weighted by Gasteiger charge is 2.41. The highest BCUT2D eigenvalue weighted by Crippen LogP contribution is 2.37. The molecule has 0 saturated heterocycles. The highest BCUT2D eigenvalue weighted by molar-refractivity contribution is 7.16. The van der Waals surface area contributed by atoms with E-state index >= 15 is 0 Å². The van der Waals surface area contributed by atoms with Gasteiger partial charge in [0.2, 0.25) is 0 Å². The Bertz CT molecular complexity index is 1600. The Balaban J connectivity index is 1.36. The summed E-state index contributed by atoms with van der Waals surface area (Å²) >= 11 is 7.23. The Labute approximate surface area is 228 Å². The van der Waals surface area contributed by atoms with Crippen LogP contribution in [0.2, 0.25) is 5.15 Å². The lowest BCUT2D eigenvalue weighted by molar-refractivity contribution is -0.141. The van der Waals surface area contributed by atoms with Gasteiger partial charge < -0.3 is 9.64 Å². The van der Waals surface area contributed by atoms with Crippen molar-refractivity contribution in [3.05, 3.63) is 69.0 Å². The molecule has 0 fully saturated rings. The van der Waals surface area contributed by atoms with Gasteiger partial charge in [0.25, 0.3) is 11.8 Å². The Morgan fingerprint density at radius 1 is 1.13 bits per heavy atom. The third-order valence-corrected chi connectivity index (χ3v) is 7.12. The van der Waals surface area contributed by atoms with Crippen LogP contribution in [0.3, 0.4) is 0 Å². The van der Waals surface area contributed by atoms with Gasteiger partial charge in [-0.3, -0.25) is 24.6 Å². The fourth-order valence-corrected chi connectivity index (χ4v) is 5.32. The van der Waals surface area contributed by atoms with E-state index in [0.29, 0.717) is 33.1 Å². The van der Waals surface area contributed by atoms with Gasteiger partial charge in [-0.25, -0.2) is 9.97 Å². The predicted molar refractivity (Wildman–Crippen MR) is 136 cm³/mol. The second-order valence-electron chi connectivity index (χ2n) is 8.65. The van der Waals surface area contributed by atoms with Crippen LogP contribution in [0, 0.1) is 6.92 Å². The van der Waals surface area contributed by atoms with Gasteiger partial charge in [-0.2, -0.15) is 18.3 Å². The fourth-order valence-electron chi connectivity index (χ4n) is 4.18. The van der Waals surface area contributed by atoms with Crippen molar-refractivity contribution in [1.82, 2.24) is 29.6 Å². The minimum Gasteiger partial charge on any atom is -0.494 e. The molecule has 1 aliphatic rings. The molecule has 15 heteroatoms. The van der Waals surface area contributed by atoms with Gasteiger partial charge in [0.05, 0.1) is 48.1 Å². The van der Waals surface area contributed by atoms with E-state index in [9.17, 15) is 22.8 Å². The van der Waals surface area contributed by atoms with E-state index in [0.717, 1.165) is 22.2 Å². The van der Waals surface area contributed by atoms with Crippen molar-refractivity contribution in [3.63, 3.8) is 0 Å². The Kier molecular flexibility index (Phi) is 6.76. The van der Waals surface area contributed by atoms with Gasteiger partial charge >= 0.3 is 6.18 Å². The van der Waals surface area contributed by atoms with Crippen molar-refractivity contribution in [2.45, 2.75) is 26.2 Å². The average molecular weight is 578 g/mol.